The molecule has 9 nitrogen and oxygen atoms in total. The Morgan fingerprint density at radius 3 is 2.65 bits per heavy atom. The van der Waals surface area contributed by atoms with Crippen LogP contribution in [0.1, 0.15) is 54.8 Å². The van der Waals surface area contributed by atoms with Crippen molar-refractivity contribution in [2.45, 2.75) is 44.4 Å². The Hall–Kier alpha value is -2.75. The molecule has 2 N–H and O–H groups in total. The van der Waals surface area contributed by atoms with Crippen LogP contribution in [0.15, 0.2) is 30.6 Å². The first kappa shape index (κ1) is 27.3. The summed E-state index contributed by atoms with van der Waals surface area (Å²) in [6.45, 7) is 6.90. The maximum absolute atomic E-state index is 13.7. The fourth-order valence-electron chi connectivity index (χ4n) is 5.08. The molecular formula is C27H36ClN5O4. The predicted molar refractivity (Wildman–Crippen MR) is 142 cm³/mol. The van der Waals surface area contributed by atoms with Gasteiger partial charge >= 0.3 is 5.97 Å². The number of nitrogens with zero attached hydrogens (tertiary/aromatic N) is 4. The fourth-order valence-corrected chi connectivity index (χ4v) is 5.21. The van der Waals surface area contributed by atoms with Crippen LogP contribution < -0.4 is 10.2 Å². The van der Waals surface area contributed by atoms with Gasteiger partial charge in [-0.25, -0.2) is 9.97 Å². The lowest BCUT2D eigenvalue weighted by Crippen LogP contribution is -2.51. The summed E-state index contributed by atoms with van der Waals surface area (Å²) in [5.41, 5.74) is 3.37. The van der Waals surface area contributed by atoms with Crippen molar-refractivity contribution < 1.29 is 19.4 Å². The highest BCUT2D eigenvalue weighted by atomic mass is 35.5. The topological polar surface area (TPSA) is 108 Å². The van der Waals surface area contributed by atoms with Gasteiger partial charge in [0.1, 0.15) is 12.1 Å². The number of piperazine rings is 1. The molecule has 0 bridgehead atoms. The van der Waals surface area contributed by atoms with Crippen LogP contribution in [0.4, 0.5) is 5.82 Å². The molecule has 2 atom stereocenters. The van der Waals surface area contributed by atoms with Crippen LogP contribution in [0, 0.1) is 0 Å². The van der Waals surface area contributed by atoms with Crippen LogP contribution in [0.3, 0.4) is 0 Å². The van der Waals surface area contributed by atoms with Crippen molar-refractivity contribution in [3.63, 3.8) is 0 Å². The van der Waals surface area contributed by atoms with Gasteiger partial charge in [-0.3, -0.25) is 9.59 Å². The van der Waals surface area contributed by atoms with E-state index < -0.39 is 5.97 Å². The van der Waals surface area contributed by atoms with E-state index in [-0.39, 0.29) is 24.9 Å². The molecule has 1 aliphatic carbocycles. The highest BCUT2D eigenvalue weighted by molar-refractivity contribution is 6.30. The molecular weight excluding hydrogens is 494 g/mol. The summed E-state index contributed by atoms with van der Waals surface area (Å²) in [7, 11) is 0. The highest BCUT2D eigenvalue weighted by Crippen LogP contribution is 2.37. The summed E-state index contributed by atoms with van der Waals surface area (Å²) in [5.74, 6) is 0.421. The summed E-state index contributed by atoms with van der Waals surface area (Å²) in [5, 5.41) is 12.7. The normalized spacial score (nSPS) is 18.1. The third kappa shape index (κ3) is 7.18. The van der Waals surface area contributed by atoms with Crippen molar-refractivity contribution in [3.8, 4) is 0 Å². The minimum Gasteiger partial charge on any atom is -0.481 e. The van der Waals surface area contributed by atoms with Gasteiger partial charge in [-0.2, -0.15) is 0 Å². The van der Waals surface area contributed by atoms with Crippen LogP contribution in [0.25, 0.3) is 0 Å². The Bertz CT molecular complexity index is 1060. The first-order valence-electron chi connectivity index (χ1n) is 13.1. The second-order valence-electron chi connectivity index (χ2n) is 9.73. The van der Waals surface area contributed by atoms with Gasteiger partial charge in [-0.1, -0.05) is 30.7 Å². The van der Waals surface area contributed by atoms with Crippen molar-refractivity contribution in [1.29, 1.82) is 0 Å². The number of benzene rings is 1. The van der Waals surface area contributed by atoms with Crippen LogP contribution in [0.5, 0.6) is 0 Å². The van der Waals surface area contributed by atoms with Crippen LogP contribution in [0.2, 0.25) is 5.02 Å². The molecule has 1 fully saturated rings. The number of carbonyl (C=O) groups is 2. The van der Waals surface area contributed by atoms with Gasteiger partial charge in [0.05, 0.1) is 18.9 Å². The number of carboxylic acids is 1. The molecule has 2 unspecified atom stereocenters. The lowest BCUT2D eigenvalue weighted by atomic mass is 9.97. The number of aromatic nitrogens is 2. The molecule has 4 rings (SSSR count). The number of nitrogens with one attached hydrogen (secondary N) is 1. The van der Waals surface area contributed by atoms with E-state index in [4.69, 9.17) is 21.4 Å². The molecule has 2 aromatic rings. The Morgan fingerprint density at radius 2 is 1.92 bits per heavy atom. The summed E-state index contributed by atoms with van der Waals surface area (Å²) in [4.78, 5) is 37.6. The number of ether oxygens (including phenoxy) is 1. The number of aryl methyl sites for hydroxylation is 1. The Labute approximate surface area is 223 Å². The smallest absolute Gasteiger partial charge is 0.305 e. The zero-order valence-corrected chi connectivity index (χ0v) is 22.1. The second kappa shape index (κ2) is 13.2. The van der Waals surface area contributed by atoms with Gasteiger partial charge in [-0.15, -0.1) is 0 Å². The third-order valence-corrected chi connectivity index (χ3v) is 7.42. The second-order valence-corrected chi connectivity index (χ2v) is 10.2. The minimum absolute atomic E-state index is 0.00651. The van der Waals surface area contributed by atoms with Crippen molar-refractivity contribution in [2.75, 3.05) is 57.4 Å². The van der Waals surface area contributed by atoms with Gasteiger partial charge in [0, 0.05) is 55.6 Å². The zero-order valence-electron chi connectivity index (χ0n) is 21.4. The van der Waals surface area contributed by atoms with Crippen molar-refractivity contribution >= 4 is 29.3 Å². The fraction of sp³-hybridized carbons (Fsp3) is 0.556. The van der Waals surface area contributed by atoms with E-state index in [2.05, 4.69) is 27.1 Å². The minimum atomic E-state index is -0.862. The van der Waals surface area contributed by atoms with E-state index >= 15 is 0 Å². The van der Waals surface area contributed by atoms with E-state index in [0.29, 0.717) is 43.7 Å². The Kier molecular flexibility index (Phi) is 9.71. The molecule has 1 aliphatic heterocycles. The summed E-state index contributed by atoms with van der Waals surface area (Å²) >= 11 is 6.10. The molecule has 1 aromatic carbocycles. The number of rotatable bonds is 12. The van der Waals surface area contributed by atoms with E-state index in [1.165, 1.54) is 5.56 Å². The monoisotopic (exact) mass is 529 g/mol. The zero-order chi connectivity index (χ0) is 26.2. The Balaban J connectivity index is 1.33. The third-order valence-electron chi connectivity index (χ3n) is 7.16. The number of anilines is 1. The molecule has 0 saturated carbocycles. The molecule has 0 radical (unpaired) electrons. The average molecular weight is 530 g/mol. The first-order valence-corrected chi connectivity index (χ1v) is 13.4. The van der Waals surface area contributed by atoms with Crippen LogP contribution in [-0.2, 0) is 20.7 Å². The number of amides is 1. The summed E-state index contributed by atoms with van der Waals surface area (Å²) in [6, 6.07) is 7.48. The number of aliphatic carboxylic acids is 1. The van der Waals surface area contributed by atoms with Gasteiger partial charge in [-0.05, 0) is 49.4 Å². The Morgan fingerprint density at radius 1 is 1.16 bits per heavy atom. The lowest BCUT2D eigenvalue weighted by molar-refractivity contribution is -0.138. The number of carboxylic acid groups (broad SMARTS) is 1. The van der Waals surface area contributed by atoms with Gasteiger partial charge < -0.3 is 25.0 Å². The molecule has 0 spiro atoms. The van der Waals surface area contributed by atoms with Gasteiger partial charge in [0.15, 0.2) is 0 Å². The van der Waals surface area contributed by atoms with Crippen molar-refractivity contribution in [3.05, 3.63) is 52.4 Å². The van der Waals surface area contributed by atoms with Gasteiger partial charge in [0.25, 0.3) is 0 Å². The number of hydrogen-bond donors (Lipinski definition) is 2. The molecule has 2 aliphatic rings. The summed E-state index contributed by atoms with van der Waals surface area (Å²) < 4.78 is 5.35. The van der Waals surface area contributed by atoms with Gasteiger partial charge in [0.2, 0.25) is 5.91 Å². The van der Waals surface area contributed by atoms with E-state index in [1.807, 2.05) is 29.2 Å². The number of fused-ring (bicyclic) bond motifs is 1. The molecule has 1 amide bonds. The van der Waals surface area contributed by atoms with Crippen molar-refractivity contribution in [2.24, 2.45) is 0 Å². The number of halogens is 1. The quantitative estimate of drug-likeness (QED) is 0.404. The molecule has 200 valence electrons. The largest absolute Gasteiger partial charge is 0.481 e. The van der Waals surface area contributed by atoms with E-state index in [0.717, 1.165) is 49.4 Å². The van der Waals surface area contributed by atoms with Crippen LogP contribution >= 0.6 is 11.6 Å². The molecule has 1 saturated heterocycles. The van der Waals surface area contributed by atoms with E-state index in [9.17, 15) is 9.59 Å². The average Bonchev–Trinajstić information content (AvgIpc) is 3.29. The first-order chi connectivity index (χ1) is 17.9. The molecule has 10 heteroatoms. The standard InChI is InChI=1S/C27H36ClN5O4/c1-19-3-8-23-25(19)26(31-18-30-23)32-11-13-33(14-12-32)27(36)22(20-4-6-21(28)7-5-20)17-29-10-2-15-37-16-9-24(34)35/h4-7,18-19,22,29H,2-3,8-17H2,1H3,(H,34,35). The molecule has 37 heavy (non-hydrogen) atoms. The summed E-state index contributed by atoms with van der Waals surface area (Å²) in [6.07, 6.45) is 4.54. The van der Waals surface area contributed by atoms with Crippen molar-refractivity contribution in [1.82, 2.24) is 20.2 Å². The molecule has 1 aromatic heterocycles. The maximum atomic E-state index is 13.7. The number of carbonyl (C=O) groups excluding carboxylic acids is 1. The van der Waals surface area contributed by atoms with E-state index in [1.54, 1.807) is 6.33 Å². The maximum Gasteiger partial charge on any atom is 0.305 e. The SMILES string of the molecule is CC1CCc2ncnc(N3CCN(C(=O)C(CNCCCOCCC(=O)O)c4ccc(Cl)cc4)CC3)c21. The highest BCUT2D eigenvalue weighted by Gasteiger charge is 2.31. The van der Waals surface area contributed by atoms with Crippen LogP contribution in [-0.4, -0.2) is 84.3 Å². The number of hydrogen-bond acceptors (Lipinski definition) is 7. The molecule has 2 heterocycles. The predicted octanol–water partition coefficient (Wildman–Crippen LogP) is 3.08. The lowest BCUT2D eigenvalue weighted by Gasteiger charge is -2.38.